The Morgan fingerprint density at radius 2 is 1.53 bits per heavy atom. The third kappa shape index (κ3) is 9.42. The summed E-state index contributed by atoms with van der Waals surface area (Å²) in [4.78, 5) is 4.72. The number of hydrogen-bond acceptors (Lipinski definition) is 3. The average molecular weight is 272 g/mol. The summed E-state index contributed by atoms with van der Waals surface area (Å²) in [6.45, 7) is 13.0. The fourth-order valence-electron chi connectivity index (χ4n) is 2.50. The Hall–Kier alpha value is -0.120. The lowest BCUT2D eigenvalue weighted by molar-refractivity contribution is 0.0547. The lowest BCUT2D eigenvalue weighted by Gasteiger charge is -2.32. The second-order valence-corrected chi connectivity index (χ2v) is 5.75. The molecule has 2 rings (SSSR count). The van der Waals surface area contributed by atoms with E-state index in [2.05, 4.69) is 30.7 Å². The fraction of sp³-hybridized carbons (Fsp3) is 1.00. The molecule has 3 nitrogen and oxygen atoms in total. The quantitative estimate of drug-likeness (QED) is 0.795. The zero-order chi connectivity index (χ0) is 14.7. The van der Waals surface area contributed by atoms with Crippen LogP contribution in [0.15, 0.2) is 0 Å². The lowest BCUT2D eigenvalue weighted by Crippen LogP contribution is -2.42. The molecule has 0 aromatic heterocycles. The van der Waals surface area contributed by atoms with Crippen molar-refractivity contribution in [3.05, 3.63) is 0 Å². The lowest BCUT2D eigenvalue weighted by atomic mass is 10.1. The van der Waals surface area contributed by atoms with Gasteiger partial charge in [0, 0.05) is 12.6 Å². The molecule has 0 saturated carbocycles. The Morgan fingerprint density at radius 3 is 1.84 bits per heavy atom. The Balaban J connectivity index is 0.000000316. The second kappa shape index (κ2) is 11.7. The molecule has 2 heterocycles. The molecule has 1 N–H and O–H groups in total. The third-order valence-electron chi connectivity index (χ3n) is 3.74. The maximum atomic E-state index is 9.29. The predicted molar refractivity (Wildman–Crippen MR) is 84.6 cm³/mol. The van der Waals surface area contributed by atoms with Crippen LogP contribution in [0, 0.1) is 0 Å². The molecule has 19 heavy (non-hydrogen) atoms. The van der Waals surface area contributed by atoms with Crippen LogP contribution in [-0.4, -0.2) is 60.3 Å². The van der Waals surface area contributed by atoms with Crippen LogP contribution in [0.25, 0.3) is 0 Å². The van der Waals surface area contributed by atoms with Crippen LogP contribution in [0.1, 0.15) is 59.8 Å². The van der Waals surface area contributed by atoms with Crippen LogP contribution < -0.4 is 0 Å². The summed E-state index contributed by atoms with van der Waals surface area (Å²) in [7, 11) is 2.19. The Morgan fingerprint density at radius 1 is 0.947 bits per heavy atom. The van der Waals surface area contributed by atoms with E-state index in [4.69, 9.17) is 0 Å². The number of piperidine rings is 2. The standard InChI is InChI=1S/C8H17NO.C6H13N.C2H6/c1-7(2)9-5-3-4-8(10)6-9;1-7-5-3-2-4-6-7;1-2/h7-8,10H,3-6H2,1-2H3;2-6H2,1H3;1-2H3. The summed E-state index contributed by atoms with van der Waals surface area (Å²) < 4.78 is 0. The molecule has 0 radical (unpaired) electrons. The SMILES string of the molecule is CC.CC(C)N1CCCC(O)C1.CN1CCCCC1. The molecule has 0 aliphatic carbocycles. The van der Waals surface area contributed by atoms with Crippen molar-refractivity contribution in [2.75, 3.05) is 33.2 Å². The molecule has 116 valence electrons. The van der Waals surface area contributed by atoms with Gasteiger partial charge in [0.2, 0.25) is 0 Å². The molecule has 1 unspecified atom stereocenters. The van der Waals surface area contributed by atoms with E-state index in [-0.39, 0.29) is 6.10 Å². The van der Waals surface area contributed by atoms with Gasteiger partial charge < -0.3 is 10.0 Å². The van der Waals surface area contributed by atoms with Crippen LogP contribution in [0.4, 0.5) is 0 Å². The van der Waals surface area contributed by atoms with Crippen molar-refractivity contribution in [1.29, 1.82) is 0 Å². The average Bonchev–Trinajstić information content (AvgIpc) is 2.42. The summed E-state index contributed by atoms with van der Waals surface area (Å²) >= 11 is 0. The molecule has 2 aliphatic heterocycles. The van der Waals surface area contributed by atoms with Gasteiger partial charge in [-0.1, -0.05) is 20.3 Å². The Labute approximate surface area is 121 Å². The van der Waals surface area contributed by atoms with Gasteiger partial charge in [-0.05, 0) is 66.2 Å². The van der Waals surface area contributed by atoms with Crippen LogP contribution in [0.3, 0.4) is 0 Å². The largest absolute Gasteiger partial charge is 0.392 e. The van der Waals surface area contributed by atoms with E-state index in [9.17, 15) is 5.11 Å². The van der Waals surface area contributed by atoms with Crippen molar-refractivity contribution in [1.82, 2.24) is 9.80 Å². The van der Waals surface area contributed by atoms with Gasteiger partial charge in [-0.15, -0.1) is 0 Å². The van der Waals surface area contributed by atoms with Crippen LogP contribution in [0.2, 0.25) is 0 Å². The second-order valence-electron chi connectivity index (χ2n) is 5.75. The van der Waals surface area contributed by atoms with E-state index in [0.29, 0.717) is 6.04 Å². The van der Waals surface area contributed by atoms with E-state index in [1.165, 1.54) is 32.4 Å². The molecule has 0 bridgehead atoms. The molecule has 0 spiro atoms. The van der Waals surface area contributed by atoms with Gasteiger partial charge in [0.25, 0.3) is 0 Å². The predicted octanol–water partition coefficient (Wildman–Crippen LogP) is 2.98. The van der Waals surface area contributed by atoms with Crippen molar-refractivity contribution >= 4 is 0 Å². The van der Waals surface area contributed by atoms with Gasteiger partial charge in [-0.2, -0.15) is 0 Å². The first-order valence-corrected chi connectivity index (χ1v) is 8.20. The van der Waals surface area contributed by atoms with E-state index >= 15 is 0 Å². The monoisotopic (exact) mass is 272 g/mol. The molecular weight excluding hydrogens is 236 g/mol. The van der Waals surface area contributed by atoms with Gasteiger partial charge >= 0.3 is 0 Å². The van der Waals surface area contributed by atoms with E-state index in [1.807, 2.05) is 13.8 Å². The van der Waals surface area contributed by atoms with Gasteiger partial charge in [-0.3, -0.25) is 4.90 Å². The number of likely N-dealkylation sites (tertiary alicyclic amines) is 2. The molecular formula is C16H36N2O. The third-order valence-corrected chi connectivity index (χ3v) is 3.74. The maximum Gasteiger partial charge on any atom is 0.0667 e. The van der Waals surface area contributed by atoms with Crippen molar-refractivity contribution < 1.29 is 5.11 Å². The molecule has 1 atom stereocenters. The topological polar surface area (TPSA) is 26.7 Å². The zero-order valence-electron chi connectivity index (χ0n) is 13.9. The highest BCUT2D eigenvalue weighted by Crippen LogP contribution is 2.11. The summed E-state index contributed by atoms with van der Waals surface area (Å²) in [6, 6.07) is 0.593. The summed E-state index contributed by atoms with van der Waals surface area (Å²) in [6.07, 6.45) is 6.34. The molecule has 3 heteroatoms. The van der Waals surface area contributed by atoms with Crippen LogP contribution >= 0.6 is 0 Å². The fourth-order valence-corrected chi connectivity index (χ4v) is 2.50. The van der Waals surface area contributed by atoms with Crippen LogP contribution in [-0.2, 0) is 0 Å². The van der Waals surface area contributed by atoms with Crippen molar-refractivity contribution in [2.45, 2.75) is 71.9 Å². The maximum absolute atomic E-state index is 9.29. The summed E-state index contributed by atoms with van der Waals surface area (Å²) in [5.74, 6) is 0. The zero-order valence-corrected chi connectivity index (χ0v) is 13.9. The minimum Gasteiger partial charge on any atom is -0.392 e. The normalized spacial score (nSPS) is 25.1. The van der Waals surface area contributed by atoms with E-state index < -0.39 is 0 Å². The minimum absolute atomic E-state index is 0.0730. The highest BCUT2D eigenvalue weighted by molar-refractivity contribution is 4.73. The van der Waals surface area contributed by atoms with Gasteiger partial charge in [0.15, 0.2) is 0 Å². The first kappa shape index (κ1) is 18.9. The molecule has 0 aromatic rings. The van der Waals surface area contributed by atoms with E-state index in [1.54, 1.807) is 0 Å². The molecule has 0 amide bonds. The van der Waals surface area contributed by atoms with Crippen LogP contribution in [0.5, 0.6) is 0 Å². The number of aliphatic hydroxyl groups excluding tert-OH is 1. The highest BCUT2D eigenvalue weighted by atomic mass is 16.3. The first-order chi connectivity index (χ1) is 9.09. The van der Waals surface area contributed by atoms with Gasteiger partial charge in [0.05, 0.1) is 6.10 Å². The Kier molecular flexibility index (Phi) is 11.6. The molecule has 0 aromatic carbocycles. The number of nitrogens with zero attached hydrogens (tertiary/aromatic N) is 2. The number of hydrogen-bond donors (Lipinski definition) is 1. The van der Waals surface area contributed by atoms with Gasteiger partial charge in [-0.25, -0.2) is 0 Å². The van der Waals surface area contributed by atoms with E-state index in [0.717, 1.165) is 25.9 Å². The summed E-state index contributed by atoms with van der Waals surface area (Å²) in [5, 5.41) is 9.29. The minimum atomic E-state index is -0.0730. The number of rotatable bonds is 1. The Bertz CT molecular complexity index is 191. The van der Waals surface area contributed by atoms with Crippen molar-refractivity contribution in [3.63, 3.8) is 0 Å². The molecule has 2 saturated heterocycles. The van der Waals surface area contributed by atoms with Crippen molar-refractivity contribution in [3.8, 4) is 0 Å². The molecule has 2 fully saturated rings. The summed E-state index contributed by atoms with van der Waals surface area (Å²) in [5.41, 5.74) is 0. The first-order valence-electron chi connectivity index (χ1n) is 8.20. The smallest absolute Gasteiger partial charge is 0.0667 e. The molecule has 2 aliphatic rings. The van der Waals surface area contributed by atoms with Gasteiger partial charge in [0.1, 0.15) is 0 Å². The van der Waals surface area contributed by atoms with Crippen molar-refractivity contribution in [2.24, 2.45) is 0 Å². The number of β-amino-alcohol motifs (C(OH)–C–C–N with tert-alkyl or cyclic N) is 1. The number of aliphatic hydroxyl groups is 1. The highest BCUT2D eigenvalue weighted by Gasteiger charge is 2.18.